The molecule has 0 saturated heterocycles. The van der Waals surface area contributed by atoms with Crippen molar-refractivity contribution in [2.45, 2.75) is 6.92 Å². The maximum atomic E-state index is 12.4. The second kappa shape index (κ2) is 8.88. The normalized spacial score (nSPS) is 10.2. The van der Waals surface area contributed by atoms with Crippen LogP contribution >= 0.6 is 0 Å². The molecule has 0 radical (unpaired) electrons. The number of ketones is 1. The number of carbonyl (C=O) groups excluding carboxylic acids is 2. The van der Waals surface area contributed by atoms with E-state index in [0.717, 1.165) is 0 Å². The molecule has 3 aromatic rings. The summed E-state index contributed by atoms with van der Waals surface area (Å²) in [7, 11) is 3.17. The summed E-state index contributed by atoms with van der Waals surface area (Å²) in [4.78, 5) is 28.1. The van der Waals surface area contributed by atoms with Gasteiger partial charge >= 0.3 is 0 Å². The lowest BCUT2D eigenvalue weighted by atomic mass is 10.1. The smallest absolute Gasteiger partial charge is 0.274 e. The molecule has 29 heavy (non-hydrogen) atoms. The van der Waals surface area contributed by atoms with E-state index in [-0.39, 0.29) is 17.4 Å². The zero-order valence-electron chi connectivity index (χ0n) is 16.4. The summed E-state index contributed by atoms with van der Waals surface area (Å²) in [5.74, 6) is 0.904. The van der Waals surface area contributed by atoms with Crippen LogP contribution in [0.3, 0.4) is 0 Å². The van der Waals surface area contributed by atoms with Crippen molar-refractivity contribution in [3.05, 3.63) is 72.1 Å². The summed E-state index contributed by atoms with van der Waals surface area (Å²) in [6.45, 7) is 1.48. The van der Waals surface area contributed by atoms with Crippen molar-refractivity contribution in [1.29, 1.82) is 0 Å². The molecule has 148 valence electrons. The summed E-state index contributed by atoms with van der Waals surface area (Å²) in [5.41, 5.74) is 2.72. The van der Waals surface area contributed by atoms with Crippen molar-refractivity contribution in [3.8, 4) is 11.5 Å². The van der Waals surface area contributed by atoms with Crippen LogP contribution in [0.5, 0.6) is 11.5 Å². The molecule has 1 heterocycles. The van der Waals surface area contributed by atoms with Crippen LogP contribution in [0.4, 0.5) is 17.1 Å². The van der Waals surface area contributed by atoms with Crippen LogP contribution in [-0.2, 0) is 0 Å². The summed E-state index contributed by atoms with van der Waals surface area (Å²) in [5, 5.41) is 5.94. The first-order valence-corrected chi connectivity index (χ1v) is 8.87. The number of carbonyl (C=O) groups is 2. The highest BCUT2D eigenvalue weighted by molar-refractivity contribution is 6.04. The monoisotopic (exact) mass is 391 g/mol. The fourth-order valence-corrected chi connectivity index (χ4v) is 2.68. The molecule has 7 heteroatoms. The fraction of sp³-hybridized carbons (Fsp3) is 0.136. The van der Waals surface area contributed by atoms with E-state index in [4.69, 9.17) is 9.47 Å². The van der Waals surface area contributed by atoms with Gasteiger partial charge in [0.05, 0.1) is 31.8 Å². The van der Waals surface area contributed by atoms with Crippen molar-refractivity contribution >= 4 is 28.8 Å². The van der Waals surface area contributed by atoms with Gasteiger partial charge in [0.1, 0.15) is 17.2 Å². The minimum atomic E-state index is -0.365. The van der Waals surface area contributed by atoms with Crippen LogP contribution in [0, 0.1) is 0 Å². The van der Waals surface area contributed by atoms with Crippen molar-refractivity contribution in [3.63, 3.8) is 0 Å². The average Bonchev–Trinajstić information content (AvgIpc) is 2.74. The Balaban J connectivity index is 1.72. The first-order valence-electron chi connectivity index (χ1n) is 8.87. The highest BCUT2D eigenvalue weighted by atomic mass is 16.5. The molecule has 3 rings (SSSR count). The molecule has 0 unspecified atom stereocenters. The largest absolute Gasteiger partial charge is 0.497 e. The molecule has 7 nitrogen and oxygen atoms in total. The number of hydrogen-bond donors (Lipinski definition) is 2. The molecule has 0 saturated carbocycles. The number of rotatable bonds is 7. The molecule has 0 fully saturated rings. The maximum absolute atomic E-state index is 12.4. The molecule has 2 aromatic carbocycles. The lowest BCUT2D eigenvalue weighted by Gasteiger charge is -2.13. The summed E-state index contributed by atoms with van der Waals surface area (Å²) in [6.07, 6.45) is 1.56. The third-order valence-electron chi connectivity index (χ3n) is 4.21. The van der Waals surface area contributed by atoms with E-state index in [2.05, 4.69) is 15.6 Å². The number of aromatic nitrogens is 1. The highest BCUT2D eigenvalue weighted by Crippen LogP contribution is 2.31. The standard InChI is InChI=1S/C22H21N3O4/c1-14(26)15-5-4-6-16(11-15)25-22(27)19-9-7-17(13-23-19)24-20-12-18(28-2)8-10-21(20)29-3/h4-13,24H,1-3H3,(H,25,27). The van der Waals surface area contributed by atoms with Crippen LogP contribution < -0.4 is 20.1 Å². The number of Topliss-reactive ketones (excluding diaryl/α,β-unsaturated/α-hetero) is 1. The van der Waals surface area contributed by atoms with Gasteiger partial charge in [0.2, 0.25) is 0 Å². The molecule has 0 aliphatic carbocycles. The molecule has 0 atom stereocenters. The van der Waals surface area contributed by atoms with Gasteiger partial charge in [-0.2, -0.15) is 0 Å². The average molecular weight is 391 g/mol. The third-order valence-corrected chi connectivity index (χ3v) is 4.21. The van der Waals surface area contributed by atoms with E-state index in [0.29, 0.717) is 34.1 Å². The Hall–Kier alpha value is -3.87. The quantitative estimate of drug-likeness (QED) is 0.584. The first kappa shape index (κ1) is 19.9. The predicted molar refractivity (Wildman–Crippen MR) is 111 cm³/mol. The Morgan fingerprint density at radius 1 is 0.931 bits per heavy atom. The van der Waals surface area contributed by atoms with E-state index >= 15 is 0 Å². The minimum Gasteiger partial charge on any atom is -0.497 e. The number of methoxy groups -OCH3 is 2. The van der Waals surface area contributed by atoms with E-state index < -0.39 is 0 Å². The number of nitrogens with one attached hydrogen (secondary N) is 2. The van der Waals surface area contributed by atoms with Crippen molar-refractivity contribution in [2.75, 3.05) is 24.9 Å². The van der Waals surface area contributed by atoms with Crippen LogP contribution in [0.2, 0.25) is 0 Å². The van der Waals surface area contributed by atoms with Gasteiger partial charge in [-0.15, -0.1) is 0 Å². The first-order chi connectivity index (χ1) is 14.0. The zero-order chi connectivity index (χ0) is 20.8. The van der Waals surface area contributed by atoms with Crippen molar-refractivity contribution in [1.82, 2.24) is 4.98 Å². The molecule has 0 spiro atoms. The molecule has 0 aliphatic heterocycles. The van der Waals surface area contributed by atoms with E-state index in [1.807, 2.05) is 6.07 Å². The zero-order valence-corrected chi connectivity index (χ0v) is 16.4. The Morgan fingerprint density at radius 2 is 1.76 bits per heavy atom. The topological polar surface area (TPSA) is 89.5 Å². The van der Waals surface area contributed by atoms with Crippen LogP contribution in [0.25, 0.3) is 0 Å². The predicted octanol–water partition coefficient (Wildman–Crippen LogP) is 4.30. The Bertz CT molecular complexity index is 1030. The van der Waals surface area contributed by atoms with Gasteiger partial charge in [-0.25, -0.2) is 4.98 Å². The van der Waals surface area contributed by atoms with Crippen molar-refractivity contribution < 1.29 is 19.1 Å². The Kier molecular flexibility index (Phi) is 6.09. The van der Waals surface area contributed by atoms with Crippen LogP contribution in [-0.4, -0.2) is 30.9 Å². The van der Waals surface area contributed by atoms with Gasteiger partial charge in [-0.1, -0.05) is 12.1 Å². The Morgan fingerprint density at radius 3 is 2.41 bits per heavy atom. The maximum Gasteiger partial charge on any atom is 0.274 e. The number of nitrogens with zero attached hydrogens (tertiary/aromatic N) is 1. The Labute approximate surface area is 168 Å². The summed E-state index contributed by atoms with van der Waals surface area (Å²) < 4.78 is 10.6. The number of amides is 1. The molecule has 1 amide bonds. The summed E-state index contributed by atoms with van der Waals surface area (Å²) in [6, 6.07) is 15.5. The SMILES string of the molecule is COc1ccc(OC)c(Nc2ccc(C(=O)Nc3cccc(C(C)=O)c3)nc2)c1. The second-order valence-electron chi connectivity index (χ2n) is 6.21. The lowest BCUT2D eigenvalue weighted by Crippen LogP contribution is -2.14. The van der Waals surface area contributed by atoms with Crippen LogP contribution in [0.1, 0.15) is 27.8 Å². The van der Waals surface area contributed by atoms with Crippen molar-refractivity contribution in [2.24, 2.45) is 0 Å². The number of pyridine rings is 1. The second-order valence-corrected chi connectivity index (χ2v) is 6.21. The van der Waals surface area contributed by atoms with E-state index in [1.54, 1.807) is 68.9 Å². The number of anilines is 3. The van der Waals surface area contributed by atoms with E-state index in [1.165, 1.54) is 6.92 Å². The summed E-state index contributed by atoms with van der Waals surface area (Å²) >= 11 is 0. The molecule has 1 aromatic heterocycles. The fourth-order valence-electron chi connectivity index (χ4n) is 2.68. The third kappa shape index (κ3) is 4.90. The van der Waals surface area contributed by atoms with E-state index in [9.17, 15) is 9.59 Å². The van der Waals surface area contributed by atoms with Gasteiger partial charge in [-0.3, -0.25) is 9.59 Å². The van der Waals surface area contributed by atoms with Gasteiger partial charge in [0.15, 0.2) is 5.78 Å². The number of ether oxygens (including phenoxy) is 2. The molecule has 0 bridgehead atoms. The van der Waals surface area contributed by atoms with Gasteiger partial charge < -0.3 is 20.1 Å². The van der Waals surface area contributed by atoms with Gasteiger partial charge in [-0.05, 0) is 43.3 Å². The number of benzene rings is 2. The minimum absolute atomic E-state index is 0.0670. The molecule has 0 aliphatic rings. The molecular weight excluding hydrogens is 370 g/mol. The lowest BCUT2D eigenvalue weighted by molar-refractivity contribution is 0.100. The van der Waals surface area contributed by atoms with Gasteiger partial charge in [0.25, 0.3) is 5.91 Å². The molecular formula is C22H21N3O4. The van der Waals surface area contributed by atoms with Gasteiger partial charge in [0, 0.05) is 17.3 Å². The highest BCUT2D eigenvalue weighted by Gasteiger charge is 2.10. The van der Waals surface area contributed by atoms with Crippen LogP contribution in [0.15, 0.2) is 60.8 Å². The molecule has 2 N–H and O–H groups in total. The number of hydrogen-bond acceptors (Lipinski definition) is 6.